The van der Waals surface area contributed by atoms with Crippen molar-refractivity contribution in [3.63, 3.8) is 0 Å². The Morgan fingerprint density at radius 1 is 1.00 bits per heavy atom. The molecule has 0 aliphatic heterocycles. The number of hydrogen-bond donors (Lipinski definition) is 1. The van der Waals surface area contributed by atoms with Gasteiger partial charge in [-0.25, -0.2) is 8.42 Å². The van der Waals surface area contributed by atoms with Crippen LogP contribution in [0.4, 0.5) is 5.69 Å². The second-order valence-electron chi connectivity index (χ2n) is 9.00. The molecule has 7 nitrogen and oxygen atoms in total. The van der Waals surface area contributed by atoms with Crippen LogP contribution in [0, 0.1) is 0 Å². The summed E-state index contributed by atoms with van der Waals surface area (Å²) in [6.45, 7) is 6.85. The molecule has 2 aromatic carbocycles. The fourth-order valence-corrected chi connectivity index (χ4v) is 4.78. The van der Waals surface area contributed by atoms with Crippen LogP contribution >= 0.6 is 23.2 Å². The maximum atomic E-state index is 13.6. The number of para-hydroxylation sites is 1. The van der Waals surface area contributed by atoms with Crippen LogP contribution in [-0.2, 0) is 26.2 Å². The maximum Gasteiger partial charge on any atom is 0.244 e. The van der Waals surface area contributed by atoms with Gasteiger partial charge in [-0.2, -0.15) is 0 Å². The Morgan fingerprint density at radius 3 is 2.06 bits per heavy atom. The van der Waals surface area contributed by atoms with Crippen molar-refractivity contribution in [1.29, 1.82) is 0 Å². The summed E-state index contributed by atoms with van der Waals surface area (Å²) in [5, 5.41) is 3.54. The van der Waals surface area contributed by atoms with Crippen molar-refractivity contribution < 1.29 is 18.0 Å². The van der Waals surface area contributed by atoms with Crippen LogP contribution in [0.5, 0.6) is 0 Å². The zero-order valence-corrected chi connectivity index (χ0v) is 22.3. The van der Waals surface area contributed by atoms with Crippen molar-refractivity contribution in [1.82, 2.24) is 10.2 Å². The molecule has 2 amide bonds. The molecule has 34 heavy (non-hydrogen) atoms. The Morgan fingerprint density at radius 2 is 1.56 bits per heavy atom. The number of amides is 2. The van der Waals surface area contributed by atoms with Gasteiger partial charge in [0.05, 0.1) is 17.0 Å². The molecule has 1 N–H and O–H groups in total. The Balaban J connectivity index is 2.49. The lowest BCUT2D eigenvalue weighted by atomic mass is 10.1. The Labute approximate surface area is 212 Å². The van der Waals surface area contributed by atoms with E-state index in [1.807, 2.05) is 20.8 Å². The van der Waals surface area contributed by atoms with Gasteiger partial charge in [0.15, 0.2) is 0 Å². The fourth-order valence-electron chi connectivity index (χ4n) is 3.43. The smallest absolute Gasteiger partial charge is 0.244 e. The van der Waals surface area contributed by atoms with Crippen molar-refractivity contribution in [2.75, 3.05) is 17.1 Å². The molecule has 0 spiro atoms. The summed E-state index contributed by atoms with van der Waals surface area (Å²) in [7, 11) is -3.86. The van der Waals surface area contributed by atoms with E-state index in [0.29, 0.717) is 17.0 Å². The van der Waals surface area contributed by atoms with Gasteiger partial charge in [0, 0.05) is 17.1 Å². The topological polar surface area (TPSA) is 86.8 Å². The van der Waals surface area contributed by atoms with Crippen molar-refractivity contribution in [3.8, 4) is 0 Å². The third-order valence-corrected chi connectivity index (χ3v) is 6.80. The number of rotatable bonds is 9. The van der Waals surface area contributed by atoms with Crippen LogP contribution in [0.25, 0.3) is 0 Å². The van der Waals surface area contributed by atoms with Gasteiger partial charge in [0.2, 0.25) is 21.8 Å². The molecule has 0 aliphatic rings. The standard InChI is InChI=1S/C24H31Cl2N3O4S/c1-6-20(23(31)27-24(2,3)4)28(15-17-11-7-8-12-18(17)25)22(30)16-29(34(5,32)33)21-14-10-9-13-19(21)26/h7-14,20H,6,15-16H2,1-5H3,(H,27,31). The van der Waals surface area contributed by atoms with Crippen LogP contribution in [0.15, 0.2) is 48.5 Å². The highest BCUT2D eigenvalue weighted by Gasteiger charge is 2.33. The molecule has 0 saturated heterocycles. The molecule has 0 aliphatic carbocycles. The van der Waals surface area contributed by atoms with Gasteiger partial charge in [0.25, 0.3) is 0 Å². The lowest BCUT2D eigenvalue weighted by molar-refractivity contribution is -0.141. The number of nitrogens with one attached hydrogen (secondary N) is 1. The average Bonchev–Trinajstić information content (AvgIpc) is 2.71. The van der Waals surface area contributed by atoms with Crippen molar-refractivity contribution in [3.05, 3.63) is 64.1 Å². The highest BCUT2D eigenvalue weighted by atomic mass is 35.5. The first-order valence-corrected chi connectivity index (χ1v) is 13.4. The minimum Gasteiger partial charge on any atom is -0.350 e. The summed E-state index contributed by atoms with van der Waals surface area (Å²) in [4.78, 5) is 28.1. The number of anilines is 1. The van der Waals surface area contributed by atoms with E-state index in [-0.39, 0.29) is 23.2 Å². The summed E-state index contributed by atoms with van der Waals surface area (Å²) in [6, 6.07) is 12.6. The van der Waals surface area contributed by atoms with Gasteiger partial charge in [-0.15, -0.1) is 0 Å². The highest BCUT2D eigenvalue weighted by molar-refractivity contribution is 7.92. The molecule has 2 rings (SSSR count). The summed E-state index contributed by atoms with van der Waals surface area (Å²) < 4.78 is 26.2. The first kappa shape index (κ1) is 28.0. The van der Waals surface area contributed by atoms with Gasteiger partial charge < -0.3 is 10.2 Å². The number of carbonyl (C=O) groups is 2. The molecule has 10 heteroatoms. The van der Waals surface area contributed by atoms with E-state index >= 15 is 0 Å². The van der Waals surface area contributed by atoms with Gasteiger partial charge in [-0.1, -0.05) is 60.5 Å². The summed E-state index contributed by atoms with van der Waals surface area (Å²) in [5.41, 5.74) is 0.313. The average molecular weight is 529 g/mol. The Kier molecular flexibility index (Phi) is 9.39. The quantitative estimate of drug-likeness (QED) is 0.520. The van der Waals surface area contributed by atoms with Crippen molar-refractivity contribution in [2.24, 2.45) is 0 Å². The lowest BCUT2D eigenvalue weighted by Gasteiger charge is -2.34. The van der Waals surface area contributed by atoms with E-state index in [1.165, 1.54) is 11.0 Å². The van der Waals surface area contributed by atoms with E-state index in [0.717, 1.165) is 10.6 Å². The number of nitrogens with zero attached hydrogens (tertiary/aromatic N) is 2. The molecular weight excluding hydrogens is 497 g/mol. The third-order valence-electron chi connectivity index (χ3n) is 4.98. The van der Waals surface area contributed by atoms with Gasteiger partial charge in [-0.3, -0.25) is 13.9 Å². The van der Waals surface area contributed by atoms with E-state index in [4.69, 9.17) is 23.2 Å². The summed E-state index contributed by atoms with van der Waals surface area (Å²) >= 11 is 12.6. The van der Waals surface area contributed by atoms with Crippen LogP contribution in [0.1, 0.15) is 39.7 Å². The second-order valence-corrected chi connectivity index (χ2v) is 11.7. The minimum atomic E-state index is -3.86. The van der Waals surface area contributed by atoms with Gasteiger partial charge in [0.1, 0.15) is 12.6 Å². The number of carbonyl (C=O) groups excluding carboxylic acids is 2. The van der Waals surface area contributed by atoms with Crippen LogP contribution in [0.2, 0.25) is 10.0 Å². The molecule has 0 radical (unpaired) electrons. The Bertz CT molecular complexity index is 1130. The molecular formula is C24H31Cl2N3O4S. The highest BCUT2D eigenvalue weighted by Crippen LogP contribution is 2.28. The molecule has 1 unspecified atom stereocenters. The third kappa shape index (κ3) is 7.61. The first-order chi connectivity index (χ1) is 15.7. The molecule has 186 valence electrons. The van der Waals surface area contributed by atoms with E-state index < -0.39 is 34.1 Å². The normalized spacial score (nSPS) is 12.7. The predicted molar refractivity (Wildman–Crippen MR) is 138 cm³/mol. The predicted octanol–water partition coefficient (Wildman–Crippen LogP) is 4.48. The van der Waals surface area contributed by atoms with E-state index in [9.17, 15) is 18.0 Å². The van der Waals surface area contributed by atoms with Crippen molar-refractivity contribution >= 4 is 50.7 Å². The zero-order chi connectivity index (χ0) is 25.7. The lowest BCUT2D eigenvalue weighted by Crippen LogP contribution is -2.55. The number of hydrogen-bond acceptors (Lipinski definition) is 4. The molecule has 0 fully saturated rings. The molecule has 2 aromatic rings. The number of sulfonamides is 1. The summed E-state index contributed by atoms with van der Waals surface area (Å²) in [5.74, 6) is -0.889. The molecule has 0 aromatic heterocycles. The Hall–Kier alpha value is -2.29. The molecule has 0 saturated carbocycles. The monoisotopic (exact) mass is 527 g/mol. The number of halogens is 2. The molecule has 1 atom stereocenters. The molecule has 0 bridgehead atoms. The first-order valence-electron chi connectivity index (χ1n) is 10.8. The summed E-state index contributed by atoms with van der Waals surface area (Å²) in [6.07, 6.45) is 1.33. The van der Waals surface area contributed by atoms with Gasteiger partial charge in [-0.05, 0) is 51.0 Å². The fraction of sp³-hybridized carbons (Fsp3) is 0.417. The van der Waals surface area contributed by atoms with E-state index in [2.05, 4.69) is 5.32 Å². The van der Waals surface area contributed by atoms with Gasteiger partial charge >= 0.3 is 0 Å². The minimum absolute atomic E-state index is 0.0364. The van der Waals surface area contributed by atoms with Crippen molar-refractivity contribution in [2.45, 2.75) is 52.2 Å². The zero-order valence-electron chi connectivity index (χ0n) is 20.0. The van der Waals surface area contributed by atoms with E-state index in [1.54, 1.807) is 49.4 Å². The largest absolute Gasteiger partial charge is 0.350 e. The second kappa shape index (κ2) is 11.4. The van der Waals surface area contributed by atoms with Crippen LogP contribution in [-0.4, -0.2) is 49.5 Å². The SMILES string of the molecule is CCC(C(=O)NC(C)(C)C)N(Cc1ccccc1Cl)C(=O)CN(c1ccccc1Cl)S(C)(=O)=O. The maximum absolute atomic E-state index is 13.6. The molecule has 0 heterocycles. The number of benzene rings is 2. The van der Waals surface area contributed by atoms with Crippen LogP contribution < -0.4 is 9.62 Å². The van der Waals surface area contributed by atoms with Crippen LogP contribution in [0.3, 0.4) is 0 Å².